The summed E-state index contributed by atoms with van der Waals surface area (Å²) in [5.41, 5.74) is 10.5. The van der Waals surface area contributed by atoms with Crippen LogP contribution in [0.1, 0.15) is 15.9 Å². The summed E-state index contributed by atoms with van der Waals surface area (Å²) < 4.78 is 1.74. The molecule has 0 aliphatic rings. The van der Waals surface area contributed by atoms with Crippen molar-refractivity contribution in [2.45, 2.75) is 12.5 Å². The summed E-state index contributed by atoms with van der Waals surface area (Å²) in [5.74, 6) is -1.02. The van der Waals surface area contributed by atoms with Crippen molar-refractivity contribution in [3.8, 4) is 28.2 Å². The second-order valence-corrected chi connectivity index (χ2v) is 9.68. The van der Waals surface area contributed by atoms with Crippen LogP contribution >= 0.6 is 23.2 Å². The summed E-state index contributed by atoms with van der Waals surface area (Å²) in [6, 6.07) is 26.5. The topological polar surface area (TPSA) is 103 Å². The normalized spacial score (nSPS) is 11.6. The molecule has 0 bridgehead atoms. The van der Waals surface area contributed by atoms with Gasteiger partial charge in [0.2, 0.25) is 5.91 Å². The number of aromatic nitrogens is 3. The van der Waals surface area contributed by atoms with Crippen LogP contribution in [0.15, 0.2) is 103 Å². The van der Waals surface area contributed by atoms with Gasteiger partial charge in [0.25, 0.3) is 5.91 Å². The van der Waals surface area contributed by atoms with Crippen LogP contribution in [0, 0.1) is 0 Å². The number of carbonyl (C=O) groups excluding carboxylic acids is 2. The second-order valence-electron chi connectivity index (χ2n) is 8.87. The maximum atomic E-state index is 13.2. The first-order valence-electron chi connectivity index (χ1n) is 12.1. The molecule has 39 heavy (non-hydrogen) atoms. The quantitative estimate of drug-likeness (QED) is 0.255. The van der Waals surface area contributed by atoms with Crippen molar-refractivity contribution in [3.05, 3.63) is 125 Å². The number of benzene rings is 3. The minimum absolute atomic E-state index is 0.292. The monoisotopic (exact) mass is 555 g/mol. The zero-order valence-electron chi connectivity index (χ0n) is 20.6. The molecule has 0 radical (unpaired) electrons. The van der Waals surface area contributed by atoms with Gasteiger partial charge in [-0.15, -0.1) is 0 Å². The largest absolute Gasteiger partial charge is 0.368 e. The molecule has 0 spiro atoms. The van der Waals surface area contributed by atoms with Gasteiger partial charge in [0, 0.05) is 35.5 Å². The Morgan fingerprint density at radius 1 is 0.872 bits per heavy atom. The lowest BCUT2D eigenvalue weighted by molar-refractivity contribution is -0.119. The van der Waals surface area contributed by atoms with Crippen molar-refractivity contribution in [3.63, 3.8) is 0 Å². The molecule has 2 amide bonds. The van der Waals surface area contributed by atoms with Gasteiger partial charge < -0.3 is 11.1 Å². The summed E-state index contributed by atoms with van der Waals surface area (Å²) in [6.45, 7) is 0. The van der Waals surface area contributed by atoms with E-state index in [2.05, 4.69) is 10.3 Å². The van der Waals surface area contributed by atoms with E-state index < -0.39 is 17.9 Å². The predicted molar refractivity (Wildman–Crippen MR) is 153 cm³/mol. The van der Waals surface area contributed by atoms with Gasteiger partial charge in [-0.05, 0) is 54.1 Å². The Morgan fingerprint density at radius 3 is 2.38 bits per heavy atom. The number of hydrogen-bond acceptors (Lipinski definition) is 4. The van der Waals surface area contributed by atoms with Gasteiger partial charge in [-0.25, -0.2) is 4.68 Å². The molecule has 0 saturated heterocycles. The van der Waals surface area contributed by atoms with Gasteiger partial charge >= 0.3 is 0 Å². The average Bonchev–Trinajstić information content (AvgIpc) is 3.41. The van der Waals surface area contributed by atoms with Crippen molar-refractivity contribution >= 4 is 35.0 Å². The smallest absolute Gasteiger partial charge is 0.251 e. The van der Waals surface area contributed by atoms with Crippen LogP contribution in [0.25, 0.3) is 28.2 Å². The fraction of sp³-hybridized carbons (Fsp3) is 0.0667. The van der Waals surface area contributed by atoms with E-state index in [0.29, 0.717) is 33.4 Å². The number of amides is 2. The number of halogens is 2. The van der Waals surface area contributed by atoms with Crippen molar-refractivity contribution in [2.24, 2.45) is 5.73 Å². The number of primary amides is 1. The van der Waals surface area contributed by atoms with Gasteiger partial charge in [0.15, 0.2) is 0 Å². The first-order chi connectivity index (χ1) is 18.9. The van der Waals surface area contributed by atoms with E-state index in [0.717, 1.165) is 22.4 Å². The molecular formula is C30H23Cl2N5O2. The number of rotatable bonds is 8. The van der Waals surface area contributed by atoms with Gasteiger partial charge in [-0.1, -0.05) is 65.7 Å². The van der Waals surface area contributed by atoms with Crippen LogP contribution in [-0.2, 0) is 11.2 Å². The third-order valence-corrected chi connectivity index (χ3v) is 6.91. The SMILES string of the molecule is NC(=O)C(Cc1ccccc1)NC(=O)c1cccc(-c2cc(-c3cccnc3)nn2-c2ccc(Cl)c(Cl)c2)c1. The number of nitrogens with one attached hydrogen (secondary N) is 1. The number of nitrogens with zero attached hydrogens (tertiary/aromatic N) is 3. The standard InChI is InChI=1S/C30H23Cl2N5O2/c31-24-12-11-23(16-25(24)32)37-28(17-26(36-37)22-10-5-13-34-18-22)20-8-4-9-21(15-20)30(39)35-27(29(33)38)14-19-6-2-1-3-7-19/h1-13,15-18,27H,14H2,(H2,33,38)(H,35,39). The van der Waals surface area contributed by atoms with Gasteiger partial charge in [0.05, 0.1) is 27.1 Å². The fourth-order valence-corrected chi connectivity index (χ4v) is 4.48. The van der Waals surface area contributed by atoms with Crippen LogP contribution in [0.4, 0.5) is 0 Å². The lowest BCUT2D eigenvalue weighted by Crippen LogP contribution is -2.45. The van der Waals surface area contributed by atoms with Crippen LogP contribution in [0.2, 0.25) is 10.0 Å². The molecular weight excluding hydrogens is 533 g/mol. The molecule has 7 nitrogen and oxygen atoms in total. The van der Waals surface area contributed by atoms with E-state index in [9.17, 15) is 9.59 Å². The Morgan fingerprint density at radius 2 is 1.67 bits per heavy atom. The molecule has 2 heterocycles. The first kappa shape index (κ1) is 26.2. The molecule has 194 valence electrons. The molecule has 5 aromatic rings. The van der Waals surface area contributed by atoms with E-state index in [1.807, 2.05) is 60.7 Å². The molecule has 0 aliphatic carbocycles. The molecule has 1 atom stereocenters. The molecule has 0 aliphatic heterocycles. The van der Waals surface area contributed by atoms with E-state index >= 15 is 0 Å². The fourth-order valence-electron chi connectivity index (χ4n) is 4.19. The summed E-state index contributed by atoms with van der Waals surface area (Å²) in [4.78, 5) is 29.5. The number of carbonyl (C=O) groups is 2. The summed E-state index contributed by atoms with van der Waals surface area (Å²) in [5, 5.41) is 8.40. The molecule has 0 saturated carbocycles. The molecule has 3 aromatic carbocycles. The van der Waals surface area contributed by atoms with Gasteiger partial charge in [-0.3, -0.25) is 14.6 Å². The van der Waals surface area contributed by atoms with Crippen molar-refractivity contribution in [1.29, 1.82) is 0 Å². The second kappa shape index (κ2) is 11.5. The first-order valence-corrected chi connectivity index (χ1v) is 12.8. The summed E-state index contributed by atoms with van der Waals surface area (Å²) in [7, 11) is 0. The molecule has 2 aromatic heterocycles. The lowest BCUT2D eigenvalue weighted by Gasteiger charge is -2.16. The Kier molecular flexibility index (Phi) is 7.72. The predicted octanol–water partition coefficient (Wildman–Crippen LogP) is 5.73. The third-order valence-electron chi connectivity index (χ3n) is 6.17. The van der Waals surface area contributed by atoms with E-state index in [-0.39, 0.29) is 0 Å². The van der Waals surface area contributed by atoms with E-state index in [1.54, 1.807) is 47.4 Å². The lowest BCUT2D eigenvalue weighted by atomic mass is 10.0. The maximum Gasteiger partial charge on any atom is 0.251 e. The molecule has 0 fully saturated rings. The van der Waals surface area contributed by atoms with Crippen LogP contribution in [-0.4, -0.2) is 32.6 Å². The Bertz CT molecular complexity index is 1640. The highest BCUT2D eigenvalue weighted by atomic mass is 35.5. The van der Waals surface area contributed by atoms with Crippen molar-refractivity contribution in [2.75, 3.05) is 0 Å². The van der Waals surface area contributed by atoms with Crippen LogP contribution < -0.4 is 11.1 Å². The third kappa shape index (κ3) is 6.00. The highest BCUT2D eigenvalue weighted by molar-refractivity contribution is 6.42. The molecule has 1 unspecified atom stereocenters. The minimum atomic E-state index is -0.859. The Balaban J connectivity index is 1.50. The highest BCUT2D eigenvalue weighted by Gasteiger charge is 2.21. The average molecular weight is 556 g/mol. The Hall–Kier alpha value is -4.46. The van der Waals surface area contributed by atoms with E-state index in [1.165, 1.54) is 0 Å². The van der Waals surface area contributed by atoms with Crippen LogP contribution in [0.3, 0.4) is 0 Å². The molecule has 5 rings (SSSR count). The van der Waals surface area contributed by atoms with Gasteiger partial charge in [0.1, 0.15) is 6.04 Å². The highest BCUT2D eigenvalue weighted by Crippen LogP contribution is 2.31. The number of pyridine rings is 1. The zero-order chi connectivity index (χ0) is 27.4. The molecule has 3 N–H and O–H groups in total. The zero-order valence-corrected chi connectivity index (χ0v) is 22.1. The summed E-state index contributed by atoms with van der Waals surface area (Å²) in [6.07, 6.45) is 3.71. The Labute approximate surface area is 235 Å². The maximum absolute atomic E-state index is 13.2. The van der Waals surface area contributed by atoms with Crippen molar-refractivity contribution < 1.29 is 9.59 Å². The minimum Gasteiger partial charge on any atom is -0.368 e. The van der Waals surface area contributed by atoms with Gasteiger partial charge in [-0.2, -0.15) is 5.10 Å². The van der Waals surface area contributed by atoms with Crippen LogP contribution in [0.5, 0.6) is 0 Å². The number of nitrogens with two attached hydrogens (primary N) is 1. The number of hydrogen-bond donors (Lipinski definition) is 2. The summed E-state index contributed by atoms with van der Waals surface area (Å²) >= 11 is 12.5. The van der Waals surface area contributed by atoms with E-state index in [4.69, 9.17) is 34.0 Å². The van der Waals surface area contributed by atoms with Crippen molar-refractivity contribution in [1.82, 2.24) is 20.1 Å². The molecule has 9 heteroatoms.